The van der Waals surface area contributed by atoms with Crippen molar-refractivity contribution in [2.24, 2.45) is 0 Å². The number of nitro groups is 1. The fourth-order valence-electron chi connectivity index (χ4n) is 1.48. The first-order valence-corrected chi connectivity index (χ1v) is 4.79. The molecule has 0 atom stereocenters. The van der Waals surface area contributed by atoms with E-state index >= 15 is 0 Å². The van der Waals surface area contributed by atoms with E-state index in [1.54, 1.807) is 12.1 Å². The molecule has 0 fully saturated rings. The third kappa shape index (κ3) is 2.33. The van der Waals surface area contributed by atoms with Gasteiger partial charge in [0.2, 0.25) is 5.88 Å². The maximum absolute atomic E-state index is 10.9. The number of aromatic hydroxyl groups is 1. The van der Waals surface area contributed by atoms with Gasteiger partial charge in [0.15, 0.2) is 0 Å². The average Bonchev–Trinajstić information content (AvgIpc) is 2.58. The van der Waals surface area contributed by atoms with Crippen LogP contribution in [0.15, 0.2) is 29.1 Å². The molecule has 7 heteroatoms. The molecular weight excluding hydrogens is 226 g/mol. The fourth-order valence-corrected chi connectivity index (χ4v) is 1.48. The summed E-state index contributed by atoms with van der Waals surface area (Å²) in [4.78, 5) is 25.5. The molecule has 0 aliphatic heterocycles. The summed E-state index contributed by atoms with van der Waals surface area (Å²) in [6.07, 6.45) is 0.294. The number of imidazole rings is 1. The Bertz CT molecular complexity index is 597. The minimum atomic E-state index is -0.487. The number of nitro benzene ring substituents is 1. The predicted octanol–water partition coefficient (Wildman–Crippen LogP) is 0.908. The molecule has 1 aromatic carbocycles. The third-order valence-electron chi connectivity index (χ3n) is 2.31. The molecule has 0 amide bonds. The Morgan fingerprint density at radius 2 is 1.88 bits per heavy atom. The number of benzene rings is 1. The molecule has 3 N–H and O–H groups in total. The molecule has 2 aromatic rings. The van der Waals surface area contributed by atoms with Crippen LogP contribution in [0.4, 0.5) is 5.69 Å². The summed E-state index contributed by atoms with van der Waals surface area (Å²) >= 11 is 0. The van der Waals surface area contributed by atoms with Crippen molar-refractivity contribution >= 4 is 5.69 Å². The molecule has 88 valence electrons. The van der Waals surface area contributed by atoms with E-state index in [-0.39, 0.29) is 11.6 Å². The Labute approximate surface area is 94.9 Å². The van der Waals surface area contributed by atoms with E-state index in [2.05, 4.69) is 9.97 Å². The Kier molecular flexibility index (Phi) is 2.65. The van der Waals surface area contributed by atoms with Crippen LogP contribution in [0.3, 0.4) is 0 Å². The van der Waals surface area contributed by atoms with Crippen LogP contribution in [0.25, 0.3) is 0 Å². The lowest BCUT2D eigenvalue weighted by Gasteiger charge is -1.99. The zero-order valence-corrected chi connectivity index (χ0v) is 8.64. The highest BCUT2D eigenvalue weighted by Crippen LogP contribution is 2.17. The van der Waals surface area contributed by atoms with Crippen LogP contribution in [-0.4, -0.2) is 20.0 Å². The van der Waals surface area contributed by atoms with Gasteiger partial charge in [-0.15, -0.1) is 0 Å². The summed E-state index contributed by atoms with van der Waals surface area (Å²) in [6, 6.07) is 5.89. The number of rotatable bonds is 3. The van der Waals surface area contributed by atoms with Gasteiger partial charge in [-0.1, -0.05) is 12.1 Å². The van der Waals surface area contributed by atoms with Crippen molar-refractivity contribution in [2.75, 3.05) is 0 Å². The Balaban J connectivity index is 2.22. The maximum atomic E-state index is 10.9. The smallest absolute Gasteiger partial charge is 0.325 e. The SMILES string of the molecule is O=c1[nH]c(O)c(Cc2ccc([N+](=O)[O-])cc2)[nH]1. The van der Waals surface area contributed by atoms with Crippen molar-refractivity contribution in [1.82, 2.24) is 9.97 Å². The largest absolute Gasteiger partial charge is 0.493 e. The zero-order chi connectivity index (χ0) is 12.4. The van der Waals surface area contributed by atoms with Gasteiger partial charge in [0, 0.05) is 18.6 Å². The topological polar surface area (TPSA) is 112 Å². The molecule has 17 heavy (non-hydrogen) atoms. The van der Waals surface area contributed by atoms with E-state index in [4.69, 9.17) is 0 Å². The number of H-pyrrole nitrogens is 2. The van der Waals surface area contributed by atoms with Crippen LogP contribution < -0.4 is 5.69 Å². The molecule has 0 bridgehead atoms. The van der Waals surface area contributed by atoms with Gasteiger partial charge >= 0.3 is 5.69 Å². The van der Waals surface area contributed by atoms with Gasteiger partial charge in [0.25, 0.3) is 5.69 Å². The Morgan fingerprint density at radius 1 is 1.24 bits per heavy atom. The van der Waals surface area contributed by atoms with E-state index < -0.39 is 10.6 Å². The van der Waals surface area contributed by atoms with Crippen molar-refractivity contribution < 1.29 is 10.0 Å². The molecule has 7 nitrogen and oxygen atoms in total. The average molecular weight is 235 g/mol. The van der Waals surface area contributed by atoms with Crippen LogP contribution in [-0.2, 0) is 6.42 Å². The van der Waals surface area contributed by atoms with Crippen LogP contribution in [0, 0.1) is 10.1 Å². The van der Waals surface area contributed by atoms with Gasteiger partial charge in [-0.2, -0.15) is 0 Å². The van der Waals surface area contributed by atoms with Crippen LogP contribution in [0.5, 0.6) is 5.88 Å². The highest BCUT2D eigenvalue weighted by atomic mass is 16.6. The number of hydrogen-bond acceptors (Lipinski definition) is 4. The zero-order valence-electron chi connectivity index (χ0n) is 8.64. The first-order chi connectivity index (χ1) is 8.06. The number of aromatic nitrogens is 2. The Hall–Kier alpha value is -2.57. The summed E-state index contributed by atoms with van der Waals surface area (Å²) in [5.41, 5.74) is 0.616. The van der Waals surface area contributed by atoms with Crippen molar-refractivity contribution in [1.29, 1.82) is 0 Å². The van der Waals surface area contributed by atoms with E-state index in [1.165, 1.54) is 12.1 Å². The second kappa shape index (κ2) is 4.12. The van der Waals surface area contributed by atoms with Crippen molar-refractivity contribution in [3.63, 3.8) is 0 Å². The summed E-state index contributed by atoms with van der Waals surface area (Å²) < 4.78 is 0. The molecule has 0 unspecified atom stereocenters. The van der Waals surface area contributed by atoms with Crippen LogP contribution in [0.2, 0.25) is 0 Å². The first kappa shape index (κ1) is 10.9. The Morgan fingerprint density at radius 3 is 2.35 bits per heavy atom. The molecule has 0 spiro atoms. The lowest BCUT2D eigenvalue weighted by atomic mass is 10.1. The fraction of sp³-hybridized carbons (Fsp3) is 0.100. The quantitative estimate of drug-likeness (QED) is 0.542. The highest BCUT2D eigenvalue weighted by molar-refractivity contribution is 5.35. The van der Waals surface area contributed by atoms with Gasteiger partial charge in [0.1, 0.15) is 0 Å². The van der Waals surface area contributed by atoms with E-state index in [0.717, 1.165) is 5.56 Å². The number of nitrogens with zero attached hydrogens (tertiary/aromatic N) is 1. The minimum absolute atomic E-state index is 0.000494. The summed E-state index contributed by atoms with van der Waals surface area (Å²) in [5, 5.41) is 19.8. The second-order valence-electron chi connectivity index (χ2n) is 3.51. The van der Waals surface area contributed by atoms with Crippen LogP contribution in [0.1, 0.15) is 11.3 Å². The normalized spacial score (nSPS) is 10.4. The summed E-state index contributed by atoms with van der Waals surface area (Å²) in [5.74, 6) is -0.214. The van der Waals surface area contributed by atoms with E-state index in [1.807, 2.05) is 0 Å². The summed E-state index contributed by atoms with van der Waals surface area (Å²) in [7, 11) is 0. The standard InChI is InChI=1S/C10H9N3O4/c14-9-8(11-10(15)12-9)5-6-1-3-7(4-2-6)13(16)17/h1-4,14H,5H2,(H2,11,12,15). The van der Waals surface area contributed by atoms with Crippen molar-refractivity contribution in [2.45, 2.75) is 6.42 Å². The monoisotopic (exact) mass is 235 g/mol. The predicted molar refractivity (Wildman–Crippen MR) is 59.0 cm³/mol. The van der Waals surface area contributed by atoms with Gasteiger partial charge < -0.3 is 10.1 Å². The second-order valence-corrected chi connectivity index (χ2v) is 3.51. The minimum Gasteiger partial charge on any atom is -0.493 e. The summed E-state index contributed by atoms with van der Waals surface area (Å²) in [6.45, 7) is 0. The van der Waals surface area contributed by atoms with Crippen molar-refractivity contribution in [3.8, 4) is 5.88 Å². The molecule has 0 aliphatic carbocycles. The molecule has 0 aliphatic rings. The number of non-ortho nitro benzene ring substituents is 1. The first-order valence-electron chi connectivity index (χ1n) is 4.79. The molecule has 1 heterocycles. The van der Waals surface area contributed by atoms with Crippen molar-refractivity contribution in [3.05, 3.63) is 56.1 Å². The molecule has 0 saturated heterocycles. The van der Waals surface area contributed by atoms with Gasteiger partial charge in [-0.25, -0.2) is 4.79 Å². The van der Waals surface area contributed by atoms with E-state index in [9.17, 15) is 20.0 Å². The third-order valence-corrected chi connectivity index (χ3v) is 2.31. The molecule has 0 saturated carbocycles. The number of hydrogen-bond donors (Lipinski definition) is 3. The molecule has 2 rings (SSSR count). The highest BCUT2D eigenvalue weighted by Gasteiger charge is 2.08. The van der Waals surface area contributed by atoms with Gasteiger partial charge in [-0.05, 0) is 5.56 Å². The molecular formula is C10H9N3O4. The molecule has 1 aromatic heterocycles. The number of nitrogens with one attached hydrogen (secondary N) is 2. The molecule has 0 radical (unpaired) electrons. The lowest BCUT2D eigenvalue weighted by Crippen LogP contribution is -2.01. The van der Waals surface area contributed by atoms with E-state index in [0.29, 0.717) is 12.1 Å². The lowest BCUT2D eigenvalue weighted by molar-refractivity contribution is -0.384. The van der Waals surface area contributed by atoms with Gasteiger partial charge in [-0.3, -0.25) is 15.1 Å². The van der Waals surface area contributed by atoms with Gasteiger partial charge in [0.05, 0.1) is 10.6 Å². The van der Waals surface area contributed by atoms with Crippen LogP contribution >= 0.6 is 0 Å². The maximum Gasteiger partial charge on any atom is 0.325 e. The number of aromatic amines is 2.